The van der Waals surface area contributed by atoms with Crippen LogP contribution in [0.4, 0.5) is 0 Å². The largest absolute Gasteiger partial charge is 0.0925 e. The standard InChI is InChI=1S/C16H24BrCl/c1-2-3-4-5-6-7-15(13-17)12-14-8-10-16(18)11-9-14/h8-11,15H,2-7,12-13H2,1H3. The van der Waals surface area contributed by atoms with Crippen molar-refractivity contribution in [2.45, 2.75) is 51.9 Å². The minimum Gasteiger partial charge on any atom is -0.0925 e. The van der Waals surface area contributed by atoms with Crippen molar-refractivity contribution in [2.24, 2.45) is 5.92 Å². The Bertz CT molecular complexity index is 307. The summed E-state index contributed by atoms with van der Waals surface area (Å²) in [5.74, 6) is 0.757. The normalized spacial score (nSPS) is 12.6. The maximum Gasteiger partial charge on any atom is 0.0406 e. The summed E-state index contributed by atoms with van der Waals surface area (Å²) in [6.07, 6.45) is 9.35. The van der Waals surface area contributed by atoms with Crippen molar-refractivity contribution in [3.8, 4) is 0 Å². The third-order valence-corrected chi connectivity index (χ3v) is 4.54. The van der Waals surface area contributed by atoms with E-state index in [1.54, 1.807) is 0 Å². The van der Waals surface area contributed by atoms with E-state index in [1.807, 2.05) is 12.1 Å². The van der Waals surface area contributed by atoms with E-state index in [4.69, 9.17) is 11.6 Å². The summed E-state index contributed by atoms with van der Waals surface area (Å²) >= 11 is 9.55. The predicted octanol–water partition coefficient (Wildman–Crippen LogP) is 6.25. The first-order valence-corrected chi connectivity index (χ1v) is 8.56. The zero-order chi connectivity index (χ0) is 13.2. The predicted molar refractivity (Wildman–Crippen MR) is 85.8 cm³/mol. The summed E-state index contributed by atoms with van der Waals surface area (Å²) in [7, 11) is 0. The highest BCUT2D eigenvalue weighted by molar-refractivity contribution is 9.09. The van der Waals surface area contributed by atoms with Crippen LogP contribution in [-0.2, 0) is 6.42 Å². The Morgan fingerprint density at radius 1 is 1.06 bits per heavy atom. The van der Waals surface area contributed by atoms with Crippen molar-refractivity contribution >= 4 is 27.5 Å². The van der Waals surface area contributed by atoms with Gasteiger partial charge in [0, 0.05) is 10.4 Å². The van der Waals surface area contributed by atoms with Crippen LogP contribution in [0.3, 0.4) is 0 Å². The van der Waals surface area contributed by atoms with Crippen LogP contribution in [0.1, 0.15) is 51.0 Å². The van der Waals surface area contributed by atoms with Crippen LogP contribution in [0.5, 0.6) is 0 Å². The number of halogens is 2. The number of benzene rings is 1. The molecule has 0 amide bonds. The molecule has 0 saturated heterocycles. The minimum absolute atomic E-state index is 0.757. The second-order valence-electron chi connectivity index (χ2n) is 5.05. The van der Waals surface area contributed by atoms with Gasteiger partial charge in [-0.2, -0.15) is 0 Å². The molecule has 1 rings (SSSR count). The molecular formula is C16H24BrCl. The van der Waals surface area contributed by atoms with Gasteiger partial charge in [-0.1, -0.05) is 78.7 Å². The first-order chi connectivity index (χ1) is 8.76. The Hall–Kier alpha value is -0.0100. The van der Waals surface area contributed by atoms with Crippen molar-refractivity contribution < 1.29 is 0 Å². The van der Waals surface area contributed by atoms with Crippen LogP contribution < -0.4 is 0 Å². The highest BCUT2D eigenvalue weighted by Gasteiger charge is 2.08. The fourth-order valence-electron chi connectivity index (χ4n) is 2.22. The van der Waals surface area contributed by atoms with Crippen LogP contribution in [0.15, 0.2) is 24.3 Å². The van der Waals surface area contributed by atoms with Crippen molar-refractivity contribution in [3.63, 3.8) is 0 Å². The van der Waals surface area contributed by atoms with Gasteiger partial charge in [0.05, 0.1) is 0 Å². The molecule has 0 aliphatic rings. The average Bonchev–Trinajstić information content (AvgIpc) is 2.39. The molecule has 1 aromatic carbocycles. The van der Waals surface area contributed by atoms with E-state index in [-0.39, 0.29) is 0 Å². The molecule has 18 heavy (non-hydrogen) atoms. The van der Waals surface area contributed by atoms with Gasteiger partial charge in [0.1, 0.15) is 0 Å². The van der Waals surface area contributed by atoms with Gasteiger partial charge >= 0.3 is 0 Å². The number of hydrogen-bond donors (Lipinski definition) is 0. The van der Waals surface area contributed by atoms with Gasteiger partial charge in [0.25, 0.3) is 0 Å². The van der Waals surface area contributed by atoms with Crippen molar-refractivity contribution in [3.05, 3.63) is 34.9 Å². The zero-order valence-corrected chi connectivity index (χ0v) is 13.6. The first kappa shape index (κ1) is 16.0. The molecular weight excluding hydrogens is 308 g/mol. The molecule has 0 bridgehead atoms. The number of unbranched alkanes of at least 4 members (excludes halogenated alkanes) is 4. The SMILES string of the molecule is CCCCCCCC(CBr)Cc1ccc(Cl)cc1. The summed E-state index contributed by atoms with van der Waals surface area (Å²) < 4.78 is 0. The van der Waals surface area contributed by atoms with Gasteiger partial charge in [-0.3, -0.25) is 0 Å². The molecule has 0 aromatic heterocycles. The Morgan fingerprint density at radius 3 is 2.33 bits per heavy atom. The van der Waals surface area contributed by atoms with Crippen LogP contribution in [0.2, 0.25) is 5.02 Å². The van der Waals surface area contributed by atoms with Crippen molar-refractivity contribution in [1.82, 2.24) is 0 Å². The highest BCUT2D eigenvalue weighted by Crippen LogP contribution is 2.20. The van der Waals surface area contributed by atoms with Gasteiger partial charge in [-0.05, 0) is 36.5 Å². The van der Waals surface area contributed by atoms with Crippen molar-refractivity contribution in [2.75, 3.05) is 5.33 Å². The van der Waals surface area contributed by atoms with Crippen LogP contribution >= 0.6 is 27.5 Å². The number of hydrogen-bond acceptors (Lipinski definition) is 0. The average molecular weight is 332 g/mol. The van der Waals surface area contributed by atoms with E-state index >= 15 is 0 Å². The van der Waals surface area contributed by atoms with E-state index in [9.17, 15) is 0 Å². The smallest absolute Gasteiger partial charge is 0.0406 e. The van der Waals surface area contributed by atoms with E-state index in [2.05, 4.69) is 35.0 Å². The van der Waals surface area contributed by atoms with E-state index in [1.165, 1.54) is 44.1 Å². The highest BCUT2D eigenvalue weighted by atomic mass is 79.9. The van der Waals surface area contributed by atoms with Crippen LogP contribution in [0.25, 0.3) is 0 Å². The molecule has 102 valence electrons. The van der Waals surface area contributed by atoms with E-state index in [0.29, 0.717) is 0 Å². The topological polar surface area (TPSA) is 0 Å². The maximum absolute atomic E-state index is 5.90. The third kappa shape index (κ3) is 6.80. The summed E-state index contributed by atoms with van der Waals surface area (Å²) in [6, 6.07) is 8.27. The van der Waals surface area contributed by atoms with Gasteiger partial charge in [0.15, 0.2) is 0 Å². The Labute approximate surface area is 125 Å². The fraction of sp³-hybridized carbons (Fsp3) is 0.625. The van der Waals surface area contributed by atoms with Gasteiger partial charge in [-0.15, -0.1) is 0 Å². The summed E-state index contributed by atoms with van der Waals surface area (Å²) in [5, 5.41) is 1.93. The minimum atomic E-state index is 0.757. The molecule has 0 spiro atoms. The summed E-state index contributed by atoms with van der Waals surface area (Å²) in [4.78, 5) is 0. The molecule has 1 unspecified atom stereocenters. The molecule has 0 radical (unpaired) electrons. The van der Waals surface area contributed by atoms with Crippen molar-refractivity contribution in [1.29, 1.82) is 0 Å². The van der Waals surface area contributed by atoms with Gasteiger partial charge < -0.3 is 0 Å². The lowest BCUT2D eigenvalue weighted by molar-refractivity contribution is 0.492. The maximum atomic E-state index is 5.90. The lowest BCUT2D eigenvalue weighted by Gasteiger charge is -2.14. The summed E-state index contributed by atoms with van der Waals surface area (Å²) in [5.41, 5.74) is 1.40. The molecule has 0 N–H and O–H groups in total. The molecule has 0 aliphatic heterocycles. The second-order valence-corrected chi connectivity index (χ2v) is 6.14. The molecule has 1 atom stereocenters. The number of alkyl halides is 1. The molecule has 0 nitrogen and oxygen atoms in total. The van der Waals surface area contributed by atoms with Gasteiger partial charge in [0.2, 0.25) is 0 Å². The lowest BCUT2D eigenvalue weighted by atomic mass is 9.95. The molecule has 1 aromatic rings. The Balaban J connectivity index is 2.26. The Kier molecular flexibility index (Phi) is 8.79. The Morgan fingerprint density at radius 2 is 1.72 bits per heavy atom. The zero-order valence-electron chi connectivity index (χ0n) is 11.3. The molecule has 0 heterocycles. The molecule has 0 fully saturated rings. The van der Waals surface area contributed by atoms with E-state index < -0.39 is 0 Å². The van der Waals surface area contributed by atoms with Crippen LogP contribution in [0, 0.1) is 5.92 Å². The quantitative estimate of drug-likeness (QED) is 0.370. The second kappa shape index (κ2) is 9.86. The molecule has 0 saturated carbocycles. The first-order valence-electron chi connectivity index (χ1n) is 7.06. The molecule has 0 aliphatic carbocycles. The lowest BCUT2D eigenvalue weighted by Crippen LogP contribution is -2.06. The monoisotopic (exact) mass is 330 g/mol. The number of rotatable bonds is 9. The fourth-order valence-corrected chi connectivity index (χ4v) is 2.90. The van der Waals surface area contributed by atoms with Crippen LogP contribution in [-0.4, -0.2) is 5.33 Å². The molecule has 2 heteroatoms. The van der Waals surface area contributed by atoms with Gasteiger partial charge in [-0.25, -0.2) is 0 Å². The third-order valence-electron chi connectivity index (χ3n) is 3.37. The van der Waals surface area contributed by atoms with E-state index in [0.717, 1.165) is 22.7 Å². The summed E-state index contributed by atoms with van der Waals surface area (Å²) in [6.45, 7) is 2.27.